The molecule has 0 amide bonds. The Hall–Kier alpha value is -1.10. The summed E-state index contributed by atoms with van der Waals surface area (Å²) in [6, 6.07) is 0. The second-order valence-electron chi connectivity index (χ2n) is 9.08. The largest absolute Gasteiger partial charge is 0.498 e. The maximum absolute atomic E-state index is 14.1. The Labute approximate surface area is 174 Å². The molecule has 3 aliphatic rings. The van der Waals surface area contributed by atoms with Crippen LogP contribution in [0, 0.1) is 17.8 Å². The van der Waals surface area contributed by atoms with Gasteiger partial charge in [0.1, 0.15) is 11.5 Å². The number of hydrogen-bond acceptors (Lipinski definition) is 3. The lowest BCUT2D eigenvalue weighted by molar-refractivity contribution is -0.0705. The molecule has 0 aromatic heterocycles. The van der Waals surface area contributed by atoms with Crippen LogP contribution in [-0.4, -0.2) is 26.4 Å². The zero-order valence-electron chi connectivity index (χ0n) is 18.2. The topological polar surface area (TPSA) is 27.7 Å². The van der Waals surface area contributed by atoms with Crippen LogP contribution < -0.4 is 0 Å². The van der Waals surface area contributed by atoms with Crippen molar-refractivity contribution in [3.05, 3.63) is 23.2 Å². The molecule has 3 nitrogen and oxygen atoms in total. The van der Waals surface area contributed by atoms with E-state index in [1.807, 2.05) is 0 Å². The highest BCUT2D eigenvalue weighted by atomic mass is 19.2. The van der Waals surface area contributed by atoms with Crippen molar-refractivity contribution in [2.75, 3.05) is 20.3 Å². The van der Waals surface area contributed by atoms with Crippen LogP contribution in [0.25, 0.3) is 0 Å². The molecule has 0 radical (unpaired) electrons. The number of hydrogen-bond donors (Lipinski definition) is 0. The van der Waals surface area contributed by atoms with Gasteiger partial charge >= 0.3 is 0 Å². The van der Waals surface area contributed by atoms with Crippen LogP contribution in [0.1, 0.15) is 84.0 Å². The van der Waals surface area contributed by atoms with Gasteiger partial charge in [-0.3, -0.25) is 0 Å². The van der Waals surface area contributed by atoms with E-state index >= 15 is 0 Å². The van der Waals surface area contributed by atoms with E-state index in [1.165, 1.54) is 58.5 Å². The number of unbranched alkanes of at least 4 members (excludes halogenated alkanes) is 2. The summed E-state index contributed by atoms with van der Waals surface area (Å²) >= 11 is 0. The Kier molecular flexibility index (Phi) is 8.83. The van der Waals surface area contributed by atoms with Crippen LogP contribution in [0.15, 0.2) is 23.2 Å². The first-order valence-electron chi connectivity index (χ1n) is 11.7. The summed E-state index contributed by atoms with van der Waals surface area (Å²) in [5, 5.41) is 0. The molecule has 1 aliphatic heterocycles. The van der Waals surface area contributed by atoms with Crippen LogP contribution in [0.2, 0.25) is 0 Å². The van der Waals surface area contributed by atoms with Crippen molar-refractivity contribution >= 4 is 0 Å². The molecule has 2 unspecified atom stereocenters. The molecule has 29 heavy (non-hydrogen) atoms. The molecule has 1 saturated carbocycles. The summed E-state index contributed by atoms with van der Waals surface area (Å²) in [4.78, 5) is 0. The molecule has 2 aliphatic carbocycles. The van der Waals surface area contributed by atoms with Crippen molar-refractivity contribution in [2.45, 2.75) is 90.1 Å². The van der Waals surface area contributed by atoms with Gasteiger partial charge < -0.3 is 14.2 Å². The first-order valence-corrected chi connectivity index (χ1v) is 11.7. The molecule has 1 saturated heterocycles. The Balaban J connectivity index is 1.36. The van der Waals surface area contributed by atoms with Crippen LogP contribution in [0.4, 0.5) is 8.78 Å². The van der Waals surface area contributed by atoms with Crippen LogP contribution in [0.5, 0.6) is 0 Å². The van der Waals surface area contributed by atoms with E-state index in [4.69, 9.17) is 14.2 Å². The van der Waals surface area contributed by atoms with Crippen LogP contribution >= 0.6 is 0 Å². The third kappa shape index (κ3) is 6.19. The van der Waals surface area contributed by atoms with Gasteiger partial charge in [-0.05, 0) is 37.5 Å². The van der Waals surface area contributed by atoms with Gasteiger partial charge in [-0.2, -0.15) is 8.78 Å². The van der Waals surface area contributed by atoms with Crippen molar-refractivity contribution in [1.29, 1.82) is 0 Å². The highest BCUT2D eigenvalue weighted by Gasteiger charge is 2.32. The first kappa shape index (κ1) is 22.6. The SMILES string of the molecule is CCCCCC1CCC(C2CCC(COC3=C(F)C(F)=C(OC)CC3)CO2)CC1. The number of halogens is 2. The third-order valence-corrected chi connectivity index (χ3v) is 7.04. The quantitative estimate of drug-likeness (QED) is 0.382. The zero-order chi connectivity index (χ0) is 20.6. The molecule has 1 heterocycles. The molecular weight excluding hydrogens is 374 g/mol. The smallest absolute Gasteiger partial charge is 0.199 e. The summed E-state index contributed by atoms with van der Waals surface area (Å²) in [5.74, 6) is 0.245. The summed E-state index contributed by atoms with van der Waals surface area (Å²) < 4.78 is 44.6. The molecule has 0 aromatic carbocycles. The zero-order valence-corrected chi connectivity index (χ0v) is 18.2. The number of ether oxygens (including phenoxy) is 3. The Morgan fingerprint density at radius 1 is 0.897 bits per heavy atom. The predicted molar refractivity (Wildman–Crippen MR) is 111 cm³/mol. The van der Waals surface area contributed by atoms with Gasteiger partial charge in [0.25, 0.3) is 0 Å². The molecule has 0 N–H and O–H groups in total. The minimum absolute atomic E-state index is 0.0683. The Morgan fingerprint density at radius 3 is 2.24 bits per heavy atom. The lowest BCUT2D eigenvalue weighted by Gasteiger charge is -2.38. The normalized spacial score (nSPS) is 31.2. The van der Waals surface area contributed by atoms with Gasteiger partial charge in [0.05, 0.1) is 26.4 Å². The van der Waals surface area contributed by atoms with Gasteiger partial charge in [0, 0.05) is 18.8 Å². The maximum Gasteiger partial charge on any atom is 0.199 e. The van der Waals surface area contributed by atoms with Crippen molar-refractivity contribution in [3.63, 3.8) is 0 Å². The average Bonchev–Trinajstić information content (AvgIpc) is 2.76. The van der Waals surface area contributed by atoms with Gasteiger partial charge in [-0.1, -0.05) is 45.4 Å². The minimum atomic E-state index is -0.918. The molecule has 2 atom stereocenters. The average molecular weight is 413 g/mol. The lowest BCUT2D eigenvalue weighted by atomic mass is 9.76. The van der Waals surface area contributed by atoms with Crippen molar-refractivity contribution in [2.24, 2.45) is 17.8 Å². The molecular formula is C24H38F2O3. The fraction of sp³-hybridized carbons (Fsp3) is 0.833. The summed E-state index contributed by atoms with van der Waals surface area (Å²) in [6.07, 6.45) is 13.9. The summed E-state index contributed by atoms with van der Waals surface area (Å²) in [6.45, 7) is 3.33. The van der Waals surface area contributed by atoms with E-state index < -0.39 is 11.7 Å². The molecule has 0 bridgehead atoms. The second-order valence-corrected chi connectivity index (χ2v) is 9.08. The van der Waals surface area contributed by atoms with Gasteiger partial charge in [0.2, 0.25) is 0 Å². The Bertz CT molecular complexity index is 571. The molecule has 5 heteroatoms. The van der Waals surface area contributed by atoms with Crippen molar-refractivity contribution < 1.29 is 23.0 Å². The second kappa shape index (κ2) is 11.3. The van der Waals surface area contributed by atoms with E-state index in [0.717, 1.165) is 18.8 Å². The van der Waals surface area contributed by atoms with Crippen LogP contribution in [0.3, 0.4) is 0 Å². The number of allylic oxidation sites excluding steroid dienone is 4. The standard InChI is InChI=1S/C24H38F2O3/c1-3-4-5-6-17-7-10-19(11-8-17)20-12-9-18(15-28-20)16-29-22-14-13-21(27-2)23(25)24(22)26/h17-20H,3-16H2,1-2H3. The van der Waals surface area contributed by atoms with Gasteiger partial charge in [-0.25, -0.2) is 0 Å². The lowest BCUT2D eigenvalue weighted by Crippen LogP contribution is -2.35. The van der Waals surface area contributed by atoms with E-state index in [0.29, 0.717) is 38.1 Å². The highest BCUT2D eigenvalue weighted by Crippen LogP contribution is 2.38. The maximum atomic E-state index is 14.1. The summed E-state index contributed by atoms with van der Waals surface area (Å²) in [5.41, 5.74) is 0. The molecule has 3 rings (SSSR count). The van der Waals surface area contributed by atoms with E-state index in [9.17, 15) is 8.78 Å². The molecule has 0 aromatic rings. The van der Waals surface area contributed by atoms with E-state index in [2.05, 4.69) is 6.92 Å². The predicted octanol–water partition coefficient (Wildman–Crippen LogP) is 6.99. The number of rotatable bonds is 9. The summed E-state index contributed by atoms with van der Waals surface area (Å²) in [7, 11) is 1.36. The third-order valence-electron chi connectivity index (χ3n) is 7.04. The highest BCUT2D eigenvalue weighted by molar-refractivity contribution is 5.29. The number of methoxy groups -OCH3 is 1. The molecule has 166 valence electrons. The first-order chi connectivity index (χ1) is 14.1. The minimum Gasteiger partial charge on any atom is -0.498 e. The van der Waals surface area contributed by atoms with Crippen molar-refractivity contribution in [1.82, 2.24) is 0 Å². The fourth-order valence-corrected chi connectivity index (χ4v) is 5.10. The fourth-order valence-electron chi connectivity index (χ4n) is 5.10. The monoisotopic (exact) mass is 412 g/mol. The molecule has 0 spiro atoms. The van der Waals surface area contributed by atoms with Crippen LogP contribution in [-0.2, 0) is 14.2 Å². The van der Waals surface area contributed by atoms with Crippen molar-refractivity contribution in [3.8, 4) is 0 Å². The van der Waals surface area contributed by atoms with Gasteiger partial charge in [0.15, 0.2) is 11.7 Å². The van der Waals surface area contributed by atoms with Gasteiger partial charge in [-0.15, -0.1) is 0 Å². The van der Waals surface area contributed by atoms with E-state index in [-0.39, 0.29) is 17.4 Å². The molecule has 2 fully saturated rings. The van der Waals surface area contributed by atoms with E-state index in [1.54, 1.807) is 0 Å². The Morgan fingerprint density at radius 2 is 1.59 bits per heavy atom.